The molecule has 0 radical (unpaired) electrons. The number of hydrogen-bond acceptors (Lipinski definition) is 3. The molecule has 1 aromatic heterocycles. The van der Waals surface area contributed by atoms with Crippen molar-refractivity contribution < 1.29 is 14.7 Å². The van der Waals surface area contributed by atoms with Gasteiger partial charge in [-0.2, -0.15) is 0 Å². The summed E-state index contributed by atoms with van der Waals surface area (Å²) in [5.74, 6) is -0.997. The van der Waals surface area contributed by atoms with Crippen LogP contribution in [-0.4, -0.2) is 34.6 Å². The first-order valence-corrected chi connectivity index (χ1v) is 8.01. The van der Waals surface area contributed by atoms with Crippen LogP contribution < -0.4 is 5.32 Å². The molecule has 0 unspecified atom stereocenters. The highest BCUT2D eigenvalue weighted by Gasteiger charge is 2.37. The van der Waals surface area contributed by atoms with Gasteiger partial charge < -0.3 is 15.3 Å². The third-order valence-corrected chi connectivity index (χ3v) is 5.01. The number of amides is 2. The predicted molar refractivity (Wildman–Crippen MR) is 83.0 cm³/mol. The largest absolute Gasteiger partial charge is 0.480 e. The predicted octanol–water partition coefficient (Wildman–Crippen LogP) is 3.30. The van der Waals surface area contributed by atoms with Crippen molar-refractivity contribution in [2.75, 3.05) is 7.05 Å². The van der Waals surface area contributed by atoms with E-state index in [0.717, 1.165) is 9.35 Å². The van der Waals surface area contributed by atoms with Gasteiger partial charge in [0.1, 0.15) is 5.54 Å². The maximum absolute atomic E-state index is 12.1. The Morgan fingerprint density at radius 1 is 1.45 bits per heavy atom. The standard InChI is InChI=1S/C13H19BrN2O3S/c1-4-13(5-2,11(17)18)15-12(19)16(3)7-10-6-9(14)8-20-10/h6,8H,4-5,7H2,1-3H3,(H,15,19)(H,17,18). The minimum absolute atomic E-state index is 0.350. The summed E-state index contributed by atoms with van der Waals surface area (Å²) >= 11 is 4.91. The van der Waals surface area contributed by atoms with Crippen LogP contribution in [0.3, 0.4) is 0 Å². The monoisotopic (exact) mass is 362 g/mol. The van der Waals surface area contributed by atoms with Crippen LogP contribution in [-0.2, 0) is 11.3 Å². The number of carboxylic acids is 1. The average Bonchev–Trinajstić information content (AvgIpc) is 2.80. The number of hydrogen-bond donors (Lipinski definition) is 2. The SMILES string of the molecule is CCC(CC)(NC(=O)N(C)Cc1cc(Br)cs1)C(=O)O. The van der Waals surface area contributed by atoms with Gasteiger partial charge in [-0.1, -0.05) is 13.8 Å². The second-order valence-corrected chi connectivity index (χ2v) is 6.52. The second-order valence-electron chi connectivity index (χ2n) is 4.61. The Bertz CT molecular complexity index is 486. The van der Waals surface area contributed by atoms with Crippen molar-refractivity contribution in [2.24, 2.45) is 0 Å². The summed E-state index contributed by atoms with van der Waals surface area (Å²) in [6.45, 7) is 3.97. The van der Waals surface area contributed by atoms with E-state index in [2.05, 4.69) is 21.2 Å². The van der Waals surface area contributed by atoms with E-state index in [1.165, 1.54) is 4.90 Å². The summed E-state index contributed by atoms with van der Waals surface area (Å²) < 4.78 is 0.980. The molecule has 1 rings (SSSR count). The summed E-state index contributed by atoms with van der Waals surface area (Å²) in [7, 11) is 1.65. The Balaban J connectivity index is 2.71. The Morgan fingerprint density at radius 3 is 2.45 bits per heavy atom. The van der Waals surface area contributed by atoms with Crippen LogP contribution >= 0.6 is 27.3 Å². The number of carboxylic acid groups (broad SMARTS) is 1. The van der Waals surface area contributed by atoms with Gasteiger partial charge in [0.2, 0.25) is 0 Å². The number of halogens is 1. The van der Waals surface area contributed by atoms with E-state index in [0.29, 0.717) is 19.4 Å². The molecule has 0 aromatic carbocycles. The minimum Gasteiger partial charge on any atom is -0.480 e. The second kappa shape index (κ2) is 7.08. The molecule has 0 spiro atoms. The average molecular weight is 363 g/mol. The van der Waals surface area contributed by atoms with Gasteiger partial charge >= 0.3 is 12.0 Å². The highest BCUT2D eigenvalue weighted by atomic mass is 79.9. The lowest BCUT2D eigenvalue weighted by molar-refractivity contribution is -0.144. The summed E-state index contributed by atoms with van der Waals surface area (Å²) in [5, 5.41) is 13.9. The number of carbonyl (C=O) groups is 2. The quantitative estimate of drug-likeness (QED) is 0.815. The van der Waals surface area contributed by atoms with Gasteiger partial charge in [-0.15, -0.1) is 11.3 Å². The van der Waals surface area contributed by atoms with Crippen LogP contribution in [0.5, 0.6) is 0 Å². The van der Waals surface area contributed by atoms with E-state index < -0.39 is 11.5 Å². The molecule has 0 aliphatic rings. The molecule has 112 valence electrons. The van der Waals surface area contributed by atoms with Gasteiger partial charge in [-0.3, -0.25) is 0 Å². The van der Waals surface area contributed by atoms with Gasteiger partial charge in [-0.05, 0) is 34.8 Å². The van der Waals surface area contributed by atoms with Gasteiger partial charge in [0.05, 0.1) is 6.54 Å². The van der Waals surface area contributed by atoms with Crippen LogP contribution in [0.1, 0.15) is 31.6 Å². The molecule has 0 fully saturated rings. The van der Waals surface area contributed by atoms with Crippen molar-refractivity contribution in [1.29, 1.82) is 0 Å². The number of rotatable bonds is 6. The summed E-state index contributed by atoms with van der Waals surface area (Å²) in [6, 6.07) is 1.57. The van der Waals surface area contributed by atoms with E-state index in [4.69, 9.17) is 0 Å². The van der Waals surface area contributed by atoms with E-state index in [-0.39, 0.29) is 6.03 Å². The van der Waals surface area contributed by atoms with Crippen molar-refractivity contribution in [3.8, 4) is 0 Å². The number of nitrogens with one attached hydrogen (secondary N) is 1. The van der Waals surface area contributed by atoms with Gasteiger partial charge in [-0.25, -0.2) is 9.59 Å². The van der Waals surface area contributed by atoms with Crippen molar-refractivity contribution in [3.63, 3.8) is 0 Å². The van der Waals surface area contributed by atoms with E-state index >= 15 is 0 Å². The number of aliphatic carboxylic acids is 1. The Kier molecular flexibility index (Phi) is 6.01. The maximum Gasteiger partial charge on any atom is 0.329 e. The van der Waals surface area contributed by atoms with Crippen molar-refractivity contribution >= 4 is 39.3 Å². The third kappa shape index (κ3) is 3.96. The third-order valence-electron chi connectivity index (χ3n) is 3.32. The molecule has 0 bridgehead atoms. The fraction of sp³-hybridized carbons (Fsp3) is 0.538. The zero-order chi connectivity index (χ0) is 15.3. The number of thiophene rings is 1. The highest BCUT2D eigenvalue weighted by Crippen LogP contribution is 2.21. The molecule has 7 heteroatoms. The molecule has 2 amide bonds. The molecule has 1 aromatic rings. The molecule has 0 aliphatic heterocycles. The van der Waals surface area contributed by atoms with Crippen molar-refractivity contribution in [2.45, 2.75) is 38.8 Å². The summed E-state index contributed by atoms with van der Waals surface area (Å²) in [6.07, 6.45) is 0.700. The highest BCUT2D eigenvalue weighted by molar-refractivity contribution is 9.10. The molecule has 5 nitrogen and oxygen atoms in total. The van der Waals surface area contributed by atoms with Crippen LogP contribution in [0.25, 0.3) is 0 Å². The fourth-order valence-electron chi connectivity index (χ4n) is 1.83. The van der Waals surface area contributed by atoms with E-state index in [9.17, 15) is 14.7 Å². The smallest absolute Gasteiger partial charge is 0.329 e. The van der Waals surface area contributed by atoms with Crippen LogP contribution in [0.4, 0.5) is 4.79 Å². The van der Waals surface area contributed by atoms with Crippen LogP contribution in [0.2, 0.25) is 0 Å². The summed E-state index contributed by atoms with van der Waals surface area (Å²) in [5.41, 5.74) is -1.19. The fourth-order valence-corrected chi connectivity index (χ4v) is 3.33. The zero-order valence-corrected chi connectivity index (χ0v) is 14.2. The van der Waals surface area contributed by atoms with Gasteiger partial charge in [0.15, 0.2) is 0 Å². The Labute approximate surface area is 131 Å². The Hall–Kier alpha value is -1.08. The summed E-state index contributed by atoms with van der Waals surface area (Å²) in [4.78, 5) is 26.0. The topological polar surface area (TPSA) is 69.6 Å². The van der Waals surface area contributed by atoms with Gasteiger partial charge in [0.25, 0.3) is 0 Å². The van der Waals surface area contributed by atoms with Crippen molar-refractivity contribution in [1.82, 2.24) is 10.2 Å². The molecule has 0 atom stereocenters. The van der Waals surface area contributed by atoms with Crippen LogP contribution in [0, 0.1) is 0 Å². The molecule has 2 N–H and O–H groups in total. The first kappa shape index (κ1) is 17.0. The minimum atomic E-state index is -1.19. The molecule has 0 aliphatic carbocycles. The molecule has 0 saturated heterocycles. The Morgan fingerprint density at radius 2 is 2.05 bits per heavy atom. The lowest BCUT2D eigenvalue weighted by Crippen LogP contribution is -2.56. The lowest BCUT2D eigenvalue weighted by atomic mass is 9.93. The number of carbonyl (C=O) groups excluding carboxylic acids is 1. The van der Waals surface area contributed by atoms with Crippen molar-refractivity contribution in [3.05, 3.63) is 20.8 Å². The zero-order valence-electron chi connectivity index (χ0n) is 11.8. The van der Waals surface area contributed by atoms with E-state index in [1.807, 2.05) is 11.4 Å². The number of nitrogens with zero attached hydrogens (tertiary/aromatic N) is 1. The van der Waals surface area contributed by atoms with E-state index in [1.54, 1.807) is 32.2 Å². The molecular formula is C13H19BrN2O3S. The first-order chi connectivity index (χ1) is 9.34. The molecule has 0 saturated carbocycles. The normalized spacial score (nSPS) is 11.2. The lowest BCUT2D eigenvalue weighted by Gasteiger charge is -2.30. The van der Waals surface area contributed by atoms with Gasteiger partial charge in [0, 0.05) is 21.8 Å². The molecule has 1 heterocycles. The maximum atomic E-state index is 12.1. The molecule has 20 heavy (non-hydrogen) atoms. The first-order valence-electron chi connectivity index (χ1n) is 6.34. The molecular weight excluding hydrogens is 344 g/mol. The number of urea groups is 1. The van der Waals surface area contributed by atoms with Crippen LogP contribution in [0.15, 0.2) is 15.9 Å².